The summed E-state index contributed by atoms with van der Waals surface area (Å²) in [6.07, 6.45) is 8.93. The zero-order chi connectivity index (χ0) is 27.2. The van der Waals surface area contributed by atoms with E-state index in [2.05, 4.69) is 32.4 Å². The maximum atomic E-state index is 15.6. The van der Waals surface area contributed by atoms with Crippen LogP contribution in [0.15, 0.2) is 55.0 Å². The third kappa shape index (κ3) is 4.16. The summed E-state index contributed by atoms with van der Waals surface area (Å²) in [4.78, 5) is 38.3. The molecule has 0 atom stereocenters. The summed E-state index contributed by atoms with van der Waals surface area (Å²) in [5.74, 6) is 5.26. The highest BCUT2D eigenvalue weighted by Crippen LogP contribution is 2.57. The van der Waals surface area contributed by atoms with Gasteiger partial charge in [-0.1, -0.05) is 12.0 Å². The van der Waals surface area contributed by atoms with E-state index in [1.807, 2.05) is 4.40 Å². The second-order valence-corrected chi connectivity index (χ2v) is 10.2. The summed E-state index contributed by atoms with van der Waals surface area (Å²) in [7, 11) is 0. The number of anilines is 2. The fourth-order valence-corrected chi connectivity index (χ4v) is 6.17. The summed E-state index contributed by atoms with van der Waals surface area (Å²) in [5, 5.41) is 5.79. The van der Waals surface area contributed by atoms with E-state index in [-0.39, 0.29) is 33.8 Å². The van der Waals surface area contributed by atoms with Crippen LogP contribution < -0.4 is 16.4 Å². The molecule has 0 radical (unpaired) electrons. The van der Waals surface area contributed by atoms with Crippen LogP contribution in [0.5, 0.6) is 0 Å². The van der Waals surface area contributed by atoms with Crippen molar-refractivity contribution in [1.82, 2.24) is 24.7 Å². The van der Waals surface area contributed by atoms with Crippen LogP contribution in [0.2, 0.25) is 0 Å². The van der Waals surface area contributed by atoms with Crippen LogP contribution in [0.3, 0.4) is 0 Å². The zero-order valence-corrected chi connectivity index (χ0v) is 21.3. The SMILES string of the molecule is CC#CC(=O)NC12CCC(c3nc(-c4ccc(C(=O)Nc5ccccn5)cc4F)c4c(N)nccn34)(CC1)C2. The van der Waals surface area contributed by atoms with Crippen molar-refractivity contribution >= 4 is 29.0 Å². The smallest absolute Gasteiger partial charge is 0.296 e. The van der Waals surface area contributed by atoms with Crippen molar-refractivity contribution in [3.05, 3.63) is 72.2 Å². The van der Waals surface area contributed by atoms with Crippen molar-refractivity contribution in [2.24, 2.45) is 0 Å². The number of aromatic nitrogens is 4. The van der Waals surface area contributed by atoms with Crippen molar-refractivity contribution in [2.75, 3.05) is 11.1 Å². The Kier molecular flexibility index (Phi) is 5.79. The van der Waals surface area contributed by atoms with Crippen LogP contribution >= 0.6 is 0 Å². The Hall–Kier alpha value is -4.78. The van der Waals surface area contributed by atoms with Crippen molar-refractivity contribution in [2.45, 2.75) is 50.0 Å². The number of nitrogens with one attached hydrogen (secondary N) is 2. The number of nitrogens with two attached hydrogens (primary N) is 1. The van der Waals surface area contributed by atoms with Gasteiger partial charge in [-0.2, -0.15) is 0 Å². The van der Waals surface area contributed by atoms with E-state index in [4.69, 9.17) is 10.7 Å². The Balaban J connectivity index is 1.37. The predicted octanol–water partition coefficient (Wildman–Crippen LogP) is 3.86. The van der Waals surface area contributed by atoms with Gasteiger partial charge in [-0.05, 0) is 75.3 Å². The average molecular weight is 524 g/mol. The number of halogens is 1. The molecule has 0 spiro atoms. The number of fused-ring (bicyclic) bond motifs is 3. The molecule has 4 N–H and O–H groups in total. The Morgan fingerprint density at radius 1 is 1.10 bits per heavy atom. The lowest BCUT2D eigenvalue weighted by Crippen LogP contribution is -2.44. The first-order chi connectivity index (χ1) is 18.8. The number of hydrogen-bond acceptors (Lipinski definition) is 6. The van der Waals surface area contributed by atoms with E-state index in [0.29, 0.717) is 23.4 Å². The van der Waals surface area contributed by atoms with Crippen LogP contribution in [0.25, 0.3) is 16.8 Å². The quantitative estimate of drug-likeness (QED) is 0.341. The molecular weight excluding hydrogens is 497 g/mol. The van der Waals surface area contributed by atoms with Crippen LogP contribution in [0.1, 0.15) is 55.2 Å². The van der Waals surface area contributed by atoms with Crippen LogP contribution in [0.4, 0.5) is 16.0 Å². The number of hydrogen-bond donors (Lipinski definition) is 3. The summed E-state index contributed by atoms with van der Waals surface area (Å²) in [6.45, 7) is 1.64. The summed E-state index contributed by atoms with van der Waals surface area (Å²) >= 11 is 0. The molecule has 39 heavy (non-hydrogen) atoms. The van der Waals surface area contributed by atoms with E-state index in [9.17, 15) is 9.59 Å². The lowest BCUT2D eigenvalue weighted by Gasteiger charge is -2.27. The molecule has 2 aliphatic rings. The molecule has 10 heteroatoms. The number of carbonyl (C=O) groups excluding carboxylic acids is 2. The van der Waals surface area contributed by atoms with E-state index < -0.39 is 11.7 Å². The van der Waals surface area contributed by atoms with E-state index in [1.165, 1.54) is 12.1 Å². The lowest BCUT2D eigenvalue weighted by molar-refractivity contribution is -0.117. The summed E-state index contributed by atoms with van der Waals surface area (Å²) in [5.41, 5.74) is 6.91. The molecule has 0 unspecified atom stereocenters. The molecule has 9 nitrogen and oxygen atoms in total. The monoisotopic (exact) mass is 523 g/mol. The highest BCUT2D eigenvalue weighted by atomic mass is 19.1. The number of nitrogen functional groups attached to an aromatic ring is 1. The fraction of sp³-hybridized carbons (Fsp3) is 0.276. The molecule has 0 saturated heterocycles. The second-order valence-electron chi connectivity index (χ2n) is 10.2. The summed E-state index contributed by atoms with van der Waals surface area (Å²) < 4.78 is 17.5. The van der Waals surface area contributed by atoms with Gasteiger partial charge in [0, 0.05) is 40.7 Å². The van der Waals surface area contributed by atoms with Crippen molar-refractivity contribution in [3.63, 3.8) is 0 Å². The predicted molar refractivity (Wildman–Crippen MR) is 144 cm³/mol. The normalized spacial score (nSPS) is 21.4. The average Bonchev–Trinajstić information content (AvgIpc) is 3.60. The second kappa shape index (κ2) is 9.20. The highest BCUT2D eigenvalue weighted by molar-refractivity contribution is 6.04. The summed E-state index contributed by atoms with van der Waals surface area (Å²) in [6, 6.07) is 9.41. The minimum Gasteiger partial charge on any atom is -0.382 e. The van der Waals surface area contributed by atoms with Gasteiger partial charge in [0.25, 0.3) is 11.8 Å². The number of rotatable bonds is 5. The minimum absolute atomic E-state index is 0.151. The molecule has 2 amide bonds. The molecule has 4 aromatic rings. The largest absolute Gasteiger partial charge is 0.382 e. The zero-order valence-electron chi connectivity index (χ0n) is 21.3. The number of carbonyl (C=O) groups is 2. The first-order valence-corrected chi connectivity index (χ1v) is 12.7. The Bertz CT molecular complexity index is 1680. The molecular formula is C29H26FN7O2. The number of benzene rings is 1. The van der Waals surface area contributed by atoms with Gasteiger partial charge in [-0.15, -0.1) is 0 Å². The van der Waals surface area contributed by atoms with E-state index >= 15 is 4.39 Å². The molecule has 2 bridgehead atoms. The number of pyridine rings is 1. The molecule has 0 aliphatic heterocycles. The number of amides is 2. The molecule has 2 fully saturated rings. The Labute approximate surface area is 224 Å². The van der Waals surface area contributed by atoms with E-state index in [1.54, 1.807) is 49.8 Å². The molecule has 196 valence electrons. The molecule has 1 aromatic carbocycles. The lowest BCUT2D eigenvalue weighted by atomic mass is 9.83. The first-order valence-electron chi connectivity index (χ1n) is 12.7. The van der Waals surface area contributed by atoms with Gasteiger partial charge in [0.15, 0.2) is 0 Å². The van der Waals surface area contributed by atoms with Crippen molar-refractivity contribution in [3.8, 4) is 23.1 Å². The van der Waals surface area contributed by atoms with Crippen molar-refractivity contribution < 1.29 is 14.0 Å². The topological polar surface area (TPSA) is 127 Å². The van der Waals surface area contributed by atoms with Gasteiger partial charge < -0.3 is 16.4 Å². The maximum absolute atomic E-state index is 15.6. The third-order valence-corrected chi connectivity index (χ3v) is 7.91. The van der Waals surface area contributed by atoms with Gasteiger partial charge in [0.2, 0.25) is 0 Å². The minimum atomic E-state index is -0.603. The fourth-order valence-electron chi connectivity index (χ4n) is 6.17. The molecule has 6 rings (SSSR count). The molecule has 3 heterocycles. The first kappa shape index (κ1) is 24.6. The van der Waals surface area contributed by atoms with Crippen LogP contribution in [-0.4, -0.2) is 36.7 Å². The van der Waals surface area contributed by atoms with Crippen LogP contribution in [0, 0.1) is 17.7 Å². The maximum Gasteiger partial charge on any atom is 0.296 e. The number of imidazole rings is 1. The number of nitrogens with zero attached hydrogens (tertiary/aromatic N) is 4. The Morgan fingerprint density at radius 3 is 2.64 bits per heavy atom. The van der Waals surface area contributed by atoms with Gasteiger partial charge in [0.05, 0.1) is 0 Å². The Morgan fingerprint density at radius 2 is 1.92 bits per heavy atom. The van der Waals surface area contributed by atoms with Crippen LogP contribution in [-0.2, 0) is 10.2 Å². The van der Waals surface area contributed by atoms with Crippen molar-refractivity contribution in [1.29, 1.82) is 0 Å². The highest BCUT2D eigenvalue weighted by Gasteiger charge is 2.57. The standard InChI is InChI=1S/C29H26FN7O2/c1-2-5-22(38)36-29-11-9-28(17-29,10-12-29)27-35-23(24-25(31)33-14-15-37(24)27)19-8-7-18(16-20(19)30)26(39)34-21-6-3-4-13-32-21/h3-4,6-8,13-16H,9-12,17H2,1H3,(H2,31,33)(H,36,38)(H,32,34,39). The van der Waals surface area contributed by atoms with Gasteiger partial charge in [-0.3, -0.25) is 14.0 Å². The molecule has 2 saturated carbocycles. The third-order valence-electron chi connectivity index (χ3n) is 7.91. The van der Waals surface area contributed by atoms with Gasteiger partial charge in [0.1, 0.15) is 34.5 Å². The van der Waals surface area contributed by atoms with E-state index in [0.717, 1.165) is 31.5 Å². The van der Waals surface area contributed by atoms with Gasteiger partial charge >= 0.3 is 0 Å². The molecule has 2 aliphatic carbocycles. The molecule has 3 aromatic heterocycles. The van der Waals surface area contributed by atoms with Gasteiger partial charge in [-0.25, -0.2) is 19.3 Å².